The van der Waals surface area contributed by atoms with E-state index in [2.05, 4.69) is 15.9 Å². The van der Waals surface area contributed by atoms with E-state index >= 15 is 0 Å². The first-order valence-corrected chi connectivity index (χ1v) is 5.66. The average Bonchev–Trinajstić information content (AvgIpc) is 2.29. The first-order chi connectivity index (χ1) is 7.68. The molecule has 0 amide bonds. The van der Waals surface area contributed by atoms with Crippen molar-refractivity contribution in [2.45, 2.75) is 6.10 Å². The molecule has 2 aromatic rings. The molecule has 3 heteroatoms. The number of hydrogen-bond donors (Lipinski definition) is 1. The van der Waals surface area contributed by atoms with Gasteiger partial charge in [0.25, 0.3) is 0 Å². The zero-order chi connectivity index (χ0) is 11.5. The minimum Gasteiger partial charge on any atom is -0.384 e. The number of halogens is 2. The Hall–Kier alpha value is -1.19. The second-order valence-electron chi connectivity index (χ2n) is 3.48. The van der Waals surface area contributed by atoms with E-state index in [1.165, 1.54) is 6.07 Å². The number of aliphatic hydroxyl groups is 1. The van der Waals surface area contributed by atoms with Crippen molar-refractivity contribution in [1.82, 2.24) is 0 Å². The smallest absolute Gasteiger partial charge is 0.129 e. The summed E-state index contributed by atoms with van der Waals surface area (Å²) in [6, 6.07) is 13.4. The summed E-state index contributed by atoms with van der Waals surface area (Å²) < 4.78 is 14.3. The fraction of sp³-hybridized carbons (Fsp3) is 0.0769. The van der Waals surface area contributed by atoms with Crippen molar-refractivity contribution in [2.75, 3.05) is 0 Å². The van der Waals surface area contributed by atoms with E-state index < -0.39 is 11.9 Å². The van der Waals surface area contributed by atoms with E-state index in [-0.39, 0.29) is 0 Å². The van der Waals surface area contributed by atoms with Crippen molar-refractivity contribution in [3.63, 3.8) is 0 Å². The van der Waals surface area contributed by atoms with Crippen LogP contribution in [0.2, 0.25) is 0 Å². The molecule has 2 aromatic carbocycles. The first-order valence-electron chi connectivity index (χ1n) is 4.86. The second kappa shape index (κ2) is 4.76. The summed E-state index contributed by atoms with van der Waals surface area (Å²) in [4.78, 5) is 0. The molecule has 0 bridgehead atoms. The fourth-order valence-electron chi connectivity index (χ4n) is 1.55. The molecule has 0 aliphatic heterocycles. The van der Waals surface area contributed by atoms with E-state index in [1.54, 1.807) is 30.3 Å². The van der Waals surface area contributed by atoms with Crippen LogP contribution in [0.5, 0.6) is 0 Å². The predicted octanol–water partition coefficient (Wildman–Crippen LogP) is 3.67. The molecule has 1 nitrogen and oxygen atoms in total. The van der Waals surface area contributed by atoms with Gasteiger partial charge in [0.15, 0.2) is 0 Å². The molecule has 0 radical (unpaired) electrons. The summed E-state index contributed by atoms with van der Waals surface area (Å²) in [5, 5.41) is 10.0. The minimum absolute atomic E-state index is 0.292. The first kappa shape index (κ1) is 11.3. The van der Waals surface area contributed by atoms with Crippen LogP contribution in [-0.4, -0.2) is 5.11 Å². The van der Waals surface area contributed by atoms with Crippen molar-refractivity contribution in [3.8, 4) is 0 Å². The molecule has 16 heavy (non-hydrogen) atoms. The van der Waals surface area contributed by atoms with E-state index in [4.69, 9.17) is 0 Å². The lowest BCUT2D eigenvalue weighted by atomic mass is 10.0. The van der Waals surface area contributed by atoms with Crippen LogP contribution < -0.4 is 0 Å². The van der Waals surface area contributed by atoms with Gasteiger partial charge in [-0.15, -0.1) is 0 Å². The monoisotopic (exact) mass is 280 g/mol. The maximum atomic E-state index is 13.5. The lowest BCUT2D eigenvalue weighted by Gasteiger charge is -2.12. The molecule has 0 saturated heterocycles. The molecule has 0 aliphatic rings. The summed E-state index contributed by atoms with van der Waals surface area (Å²) in [6.07, 6.45) is -0.932. The summed E-state index contributed by atoms with van der Waals surface area (Å²) in [6.45, 7) is 0. The van der Waals surface area contributed by atoms with E-state index in [1.807, 2.05) is 12.1 Å². The zero-order valence-electron chi connectivity index (χ0n) is 8.40. The van der Waals surface area contributed by atoms with Gasteiger partial charge in [0.2, 0.25) is 0 Å². The molecule has 1 N–H and O–H groups in total. The second-order valence-corrected chi connectivity index (χ2v) is 4.39. The van der Waals surface area contributed by atoms with Crippen LogP contribution in [0.1, 0.15) is 17.2 Å². The van der Waals surface area contributed by atoms with Crippen LogP contribution in [0.25, 0.3) is 0 Å². The molecule has 0 fully saturated rings. The zero-order valence-corrected chi connectivity index (χ0v) is 9.99. The van der Waals surface area contributed by atoms with Crippen LogP contribution >= 0.6 is 15.9 Å². The van der Waals surface area contributed by atoms with Gasteiger partial charge < -0.3 is 5.11 Å². The Labute approximate surface area is 102 Å². The number of rotatable bonds is 2. The van der Waals surface area contributed by atoms with Gasteiger partial charge >= 0.3 is 0 Å². The summed E-state index contributed by atoms with van der Waals surface area (Å²) in [5.74, 6) is -0.394. The lowest BCUT2D eigenvalue weighted by molar-refractivity contribution is 0.215. The van der Waals surface area contributed by atoms with E-state index in [0.717, 1.165) is 4.47 Å². The van der Waals surface area contributed by atoms with Crippen molar-refractivity contribution < 1.29 is 9.50 Å². The highest BCUT2D eigenvalue weighted by Crippen LogP contribution is 2.25. The van der Waals surface area contributed by atoms with Gasteiger partial charge in [-0.2, -0.15) is 0 Å². The molecule has 0 aromatic heterocycles. The quantitative estimate of drug-likeness (QED) is 0.890. The van der Waals surface area contributed by atoms with Gasteiger partial charge in [-0.3, -0.25) is 0 Å². The Kier molecular flexibility index (Phi) is 3.36. The molecule has 82 valence electrons. The minimum atomic E-state index is -0.932. The van der Waals surface area contributed by atoms with Gasteiger partial charge in [-0.05, 0) is 23.8 Å². The third-order valence-electron chi connectivity index (χ3n) is 2.36. The number of hydrogen-bond acceptors (Lipinski definition) is 1. The van der Waals surface area contributed by atoms with Crippen LogP contribution in [0.4, 0.5) is 4.39 Å². The maximum absolute atomic E-state index is 13.5. The average molecular weight is 281 g/mol. The Bertz CT molecular complexity index is 499. The Morgan fingerprint density at radius 2 is 1.81 bits per heavy atom. The maximum Gasteiger partial charge on any atom is 0.129 e. The highest BCUT2D eigenvalue weighted by molar-refractivity contribution is 9.10. The van der Waals surface area contributed by atoms with E-state index in [0.29, 0.717) is 11.1 Å². The molecule has 2 rings (SSSR count). The normalized spacial score (nSPS) is 12.4. The van der Waals surface area contributed by atoms with Crippen molar-refractivity contribution in [1.29, 1.82) is 0 Å². The molecule has 0 unspecified atom stereocenters. The van der Waals surface area contributed by atoms with Gasteiger partial charge in [0.05, 0.1) is 0 Å². The van der Waals surface area contributed by atoms with Crippen molar-refractivity contribution >= 4 is 15.9 Å². The molecule has 0 heterocycles. The standard InChI is InChI=1S/C13H10BrFO/c14-10-5-3-4-9(8-10)13(16)11-6-1-2-7-12(11)15/h1-8,13,16H/t13-/m1/s1. The Balaban J connectivity index is 2.39. The largest absolute Gasteiger partial charge is 0.384 e. The van der Waals surface area contributed by atoms with Gasteiger partial charge in [0.1, 0.15) is 11.9 Å². The topological polar surface area (TPSA) is 20.2 Å². The lowest BCUT2D eigenvalue weighted by Crippen LogP contribution is -2.02. The third-order valence-corrected chi connectivity index (χ3v) is 2.86. The third kappa shape index (κ3) is 2.31. The highest BCUT2D eigenvalue weighted by Gasteiger charge is 2.14. The van der Waals surface area contributed by atoms with E-state index in [9.17, 15) is 9.50 Å². The van der Waals surface area contributed by atoms with Gasteiger partial charge in [-0.1, -0.05) is 46.3 Å². The predicted molar refractivity (Wildman–Crippen MR) is 64.6 cm³/mol. The molecular weight excluding hydrogens is 271 g/mol. The van der Waals surface area contributed by atoms with Crippen LogP contribution in [0.15, 0.2) is 53.0 Å². The van der Waals surface area contributed by atoms with Crippen molar-refractivity contribution in [3.05, 3.63) is 69.9 Å². The Morgan fingerprint density at radius 3 is 2.50 bits per heavy atom. The number of aliphatic hydroxyl groups excluding tert-OH is 1. The molecule has 1 atom stereocenters. The van der Waals surface area contributed by atoms with Crippen LogP contribution in [-0.2, 0) is 0 Å². The van der Waals surface area contributed by atoms with Crippen molar-refractivity contribution in [2.24, 2.45) is 0 Å². The molecule has 0 saturated carbocycles. The molecule has 0 spiro atoms. The summed E-state index contributed by atoms with van der Waals surface area (Å²) in [5.41, 5.74) is 0.958. The summed E-state index contributed by atoms with van der Waals surface area (Å²) >= 11 is 3.32. The van der Waals surface area contributed by atoms with Crippen LogP contribution in [0, 0.1) is 5.82 Å². The SMILES string of the molecule is O[C@H](c1cccc(Br)c1)c1ccccc1F. The van der Waals surface area contributed by atoms with Gasteiger partial charge in [0, 0.05) is 10.0 Å². The fourth-order valence-corrected chi connectivity index (χ4v) is 1.97. The highest BCUT2D eigenvalue weighted by atomic mass is 79.9. The molecule has 0 aliphatic carbocycles. The molecular formula is C13H10BrFO. The number of benzene rings is 2. The summed E-state index contributed by atoms with van der Waals surface area (Å²) in [7, 11) is 0. The van der Waals surface area contributed by atoms with Gasteiger partial charge in [-0.25, -0.2) is 4.39 Å². The Morgan fingerprint density at radius 1 is 1.06 bits per heavy atom. The van der Waals surface area contributed by atoms with Crippen LogP contribution in [0.3, 0.4) is 0 Å².